The predicted molar refractivity (Wildman–Crippen MR) is 97.8 cm³/mol. The van der Waals surface area contributed by atoms with Crippen molar-refractivity contribution in [3.05, 3.63) is 41.0 Å². The third kappa shape index (κ3) is 4.92. The lowest BCUT2D eigenvalue weighted by atomic mass is 9.95. The first kappa shape index (κ1) is 18.9. The Bertz CT molecular complexity index is 539. The fraction of sp³-hybridized carbons (Fsp3) is 0.526. The van der Waals surface area contributed by atoms with Gasteiger partial charge in [0, 0.05) is 5.92 Å². The lowest BCUT2D eigenvalue weighted by molar-refractivity contribution is -0.108. The van der Waals surface area contributed by atoms with Gasteiger partial charge in [-0.25, -0.2) is 0 Å². The highest BCUT2D eigenvalue weighted by Crippen LogP contribution is 2.36. The molecule has 3 heteroatoms. The molecule has 1 aromatic rings. The zero-order chi connectivity index (χ0) is 17.0. The van der Waals surface area contributed by atoms with Crippen LogP contribution in [0.2, 0.25) is 18.1 Å². The van der Waals surface area contributed by atoms with Crippen molar-refractivity contribution in [2.75, 3.05) is 6.61 Å². The van der Waals surface area contributed by atoms with E-state index in [1.165, 1.54) is 5.56 Å². The normalized spacial score (nSPS) is 14.3. The number of hydrogen-bond acceptors (Lipinski definition) is 2. The average molecular weight is 319 g/mol. The van der Waals surface area contributed by atoms with Gasteiger partial charge in [0.2, 0.25) is 0 Å². The molecule has 22 heavy (non-hydrogen) atoms. The molecule has 0 radical (unpaired) electrons. The first-order chi connectivity index (χ1) is 10.1. The van der Waals surface area contributed by atoms with E-state index in [9.17, 15) is 4.79 Å². The smallest absolute Gasteiger partial charge is 0.192 e. The Hall–Kier alpha value is -1.19. The van der Waals surface area contributed by atoms with Crippen molar-refractivity contribution in [2.45, 2.75) is 58.7 Å². The first-order valence-electron chi connectivity index (χ1n) is 7.95. The molecule has 1 aromatic carbocycles. The summed E-state index contributed by atoms with van der Waals surface area (Å²) in [7, 11) is -1.70. The SMILES string of the molecule is Cc1ccc(C(C)C=O)c(/C=C/CO[Si](C)(C)C(C)(C)C)c1. The molecule has 0 aliphatic carbocycles. The number of rotatable bonds is 6. The molecule has 0 spiro atoms. The van der Waals surface area contributed by atoms with E-state index < -0.39 is 8.32 Å². The lowest BCUT2D eigenvalue weighted by Gasteiger charge is -2.35. The first-order valence-corrected chi connectivity index (χ1v) is 10.9. The van der Waals surface area contributed by atoms with Gasteiger partial charge in [0.25, 0.3) is 0 Å². The molecule has 0 amide bonds. The summed E-state index contributed by atoms with van der Waals surface area (Å²) in [6, 6.07) is 6.22. The topological polar surface area (TPSA) is 26.3 Å². The molecule has 0 aromatic heterocycles. The van der Waals surface area contributed by atoms with E-state index in [0.29, 0.717) is 6.61 Å². The second-order valence-electron chi connectivity index (χ2n) is 7.53. The predicted octanol–water partition coefficient (Wildman–Crippen LogP) is 5.33. The number of benzene rings is 1. The maximum absolute atomic E-state index is 11.1. The minimum Gasteiger partial charge on any atom is -0.413 e. The molecule has 1 rings (SSSR count). The Kier molecular flexibility index (Phi) is 6.33. The summed E-state index contributed by atoms with van der Waals surface area (Å²) in [4.78, 5) is 11.1. The zero-order valence-electron chi connectivity index (χ0n) is 15.1. The van der Waals surface area contributed by atoms with Crippen molar-refractivity contribution < 1.29 is 9.22 Å². The van der Waals surface area contributed by atoms with Gasteiger partial charge in [0.1, 0.15) is 6.29 Å². The van der Waals surface area contributed by atoms with Gasteiger partial charge in [-0.05, 0) is 36.2 Å². The van der Waals surface area contributed by atoms with E-state index >= 15 is 0 Å². The highest BCUT2D eigenvalue weighted by Gasteiger charge is 2.36. The molecular formula is C19H30O2Si. The van der Waals surface area contributed by atoms with Gasteiger partial charge in [-0.2, -0.15) is 0 Å². The fourth-order valence-corrected chi connectivity index (χ4v) is 2.92. The van der Waals surface area contributed by atoms with Crippen molar-refractivity contribution >= 4 is 20.7 Å². The molecule has 0 N–H and O–H groups in total. The summed E-state index contributed by atoms with van der Waals surface area (Å²) in [5, 5.41) is 0.224. The number of carbonyl (C=O) groups is 1. The molecule has 1 atom stereocenters. The Morgan fingerprint density at radius 3 is 2.45 bits per heavy atom. The van der Waals surface area contributed by atoms with Crippen LogP contribution in [0.5, 0.6) is 0 Å². The summed E-state index contributed by atoms with van der Waals surface area (Å²) in [5.41, 5.74) is 3.38. The largest absolute Gasteiger partial charge is 0.413 e. The van der Waals surface area contributed by atoms with Crippen molar-refractivity contribution in [1.29, 1.82) is 0 Å². The maximum atomic E-state index is 11.1. The van der Waals surface area contributed by atoms with Gasteiger partial charge < -0.3 is 9.22 Å². The fourth-order valence-electron chi connectivity index (χ4n) is 1.97. The molecule has 0 heterocycles. The van der Waals surface area contributed by atoms with Crippen LogP contribution in [-0.2, 0) is 9.22 Å². The number of hydrogen-bond donors (Lipinski definition) is 0. The summed E-state index contributed by atoms with van der Waals surface area (Å²) in [6.07, 6.45) is 5.14. The van der Waals surface area contributed by atoms with Crippen molar-refractivity contribution in [1.82, 2.24) is 0 Å². The summed E-state index contributed by atoms with van der Waals surface area (Å²) in [5.74, 6) is -0.0819. The second-order valence-corrected chi connectivity index (χ2v) is 12.3. The molecule has 2 nitrogen and oxygen atoms in total. The van der Waals surface area contributed by atoms with Crippen LogP contribution in [0.15, 0.2) is 24.3 Å². The van der Waals surface area contributed by atoms with Crippen molar-refractivity contribution in [2.24, 2.45) is 0 Å². The number of carbonyl (C=O) groups excluding carboxylic acids is 1. The van der Waals surface area contributed by atoms with E-state index in [0.717, 1.165) is 17.4 Å². The van der Waals surface area contributed by atoms with E-state index in [2.05, 4.69) is 65.1 Å². The van der Waals surface area contributed by atoms with Crippen LogP contribution in [0.4, 0.5) is 0 Å². The van der Waals surface area contributed by atoms with Crippen LogP contribution in [-0.4, -0.2) is 21.2 Å². The van der Waals surface area contributed by atoms with Crippen LogP contribution in [0.3, 0.4) is 0 Å². The zero-order valence-corrected chi connectivity index (χ0v) is 16.1. The van der Waals surface area contributed by atoms with Gasteiger partial charge in [-0.15, -0.1) is 0 Å². The van der Waals surface area contributed by atoms with E-state index in [1.54, 1.807) is 0 Å². The van der Waals surface area contributed by atoms with Gasteiger partial charge >= 0.3 is 0 Å². The molecule has 0 saturated heterocycles. The Labute approximate surface area is 136 Å². The molecule has 0 fully saturated rings. The Balaban J connectivity index is 2.83. The van der Waals surface area contributed by atoms with Crippen molar-refractivity contribution in [3.63, 3.8) is 0 Å². The quantitative estimate of drug-likeness (QED) is 0.523. The highest BCUT2D eigenvalue weighted by molar-refractivity contribution is 6.74. The summed E-state index contributed by atoms with van der Waals surface area (Å²) >= 11 is 0. The van der Waals surface area contributed by atoms with Crippen LogP contribution in [0.25, 0.3) is 6.08 Å². The number of aryl methyl sites for hydroxylation is 1. The standard InChI is InChI=1S/C19H30O2Si/c1-15-10-11-18(16(2)14-20)17(13-15)9-8-12-21-22(6,7)19(3,4)5/h8-11,13-14,16H,12H2,1-7H3/b9-8+. The minimum atomic E-state index is -1.70. The molecular weight excluding hydrogens is 288 g/mol. The maximum Gasteiger partial charge on any atom is 0.192 e. The van der Waals surface area contributed by atoms with Gasteiger partial charge in [0.15, 0.2) is 8.32 Å². The Morgan fingerprint density at radius 2 is 1.91 bits per heavy atom. The van der Waals surface area contributed by atoms with Crippen LogP contribution in [0.1, 0.15) is 50.3 Å². The molecule has 0 aliphatic rings. The summed E-state index contributed by atoms with van der Waals surface area (Å²) < 4.78 is 6.16. The monoisotopic (exact) mass is 318 g/mol. The third-order valence-corrected chi connectivity index (χ3v) is 9.08. The van der Waals surface area contributed by atoms with Gasteiger partial charge in [-0.3, -0.25) is 0 Å². The molecule has 1 unspecified atom stereocenters. The van der Waals surface area contributed by atoms with Crippen molar-refractivity contribution in [3.8, 4) is 0 Å². The molecule has 0 aliphatic heterocycles. The molecule has 122 valence electrons. The van der Waals surface area contributed by atoms with Crippen LogP contribution >= 0.6 is 0 Å². The van der Waals surface area contributed by atoms with Gasteiger partial charge in [0.05, 0.1) is 6.61 Å². The molecule has 0 bridgehead atoms. The van der Waals surface area contributed by atoms with Crippen LogP contribution < -0.4 is 0 Å². The second kappa shape index (κ2) is 7.38. The summed E-state index contributed by atoms with van der Waals surface area (Å²) in [6.45, 7) is 15.9. The van der Waals surface area contributed by atoms with E-state index in [-0.39, 0.29) is 11.0 Å². The Morgan fingerprint density at radius 1 is 1.27 bits per heavy atom. The van der Waals surface area contributed by atoms with E-state index in [1.807, 2.05) is 13.0 Å². The highest BCUT2D eigenvalue weighted by atomic mass is 28.4. The van der Waals surface area contributed by atoms with Gasteiger partial charge in [-0.1, -0.05) is 63.6 Å². The average Bonchev–Trinajstić information content (AvgIpc) is 2.41. The van der Waals surface area contributed by atoms with E-state index in [4.69, 9.17) is 4.43 Å². The number of aldehydes is 1. The third-order valence-electron chi connectivity index (χ3n) is 4.58. The molecule has 0 saturated carbocycles. The minimum absolute atomic E-state index is 0.0819. The van der Waals surface area contributed by atoms with Crippen LogP contribution in [0, 0.1) is 6.92 Å². The lowest BCUT2D eigenvalue weighted by Crippen LogP contribution is -2.40.